The molecule has 0 aliphatic carbocycles. The first-order valence-electron chi connectivity index (χ1n) is 15.5. The molecule has 0 atom stereocenters. The van der Waals surface area contributed by atoms with Crippen molar-refractivity contribution >= 4 is 34.2 Å². The summed E-state index contributed by atoms with van der Waals surface area (Å²) in [5, 5.41) is 5.70. The van der Waals surface area contributed by atoms with Crippen molar-refractivity contribution in [3.8, 4) is 56.0 Å². The number of fused-ring (bicyclic) bond motifs is 3. The minimum Gasteiger partial charge on any atom is -0.227 e. The van der Waals surface area contributed by atoms with Crippen LogP contribution >= 0.6 is 12.6 Å². The van der Waals surface area contributed by atoms with E-state index in [-0.39, 0.29) is 0 Å². The Labute approximate surface area is 274 Å². The topological polar surface area (TPSA) is 25.8 Å². The monoisotopic (exact) mass is 606 g/mol. The van der Waals surface area contributed by atoms with Gasteiger partial charge < -0.3 is 0 Å². The number of aromatic nitrogens is 2. The maximum Gasteiger partial charge on any atom is 0.161 e. The van der Waals surface area contributed by atoms with Gasteiger partial charge >= 0.3 is 0 Å². The van der Waals surface area contributed by atoms with Gasteiger partial charge in [-0.25, -0.2) is 9.97 Å². The van der Waals surface area contributed by atoms with Gasteiger partial charge in [-0.3, -0.25) is 0 Å². The number of hydrogen-bond acceptors (Lipinski definition) is 3. The molecule has 0 saturated carbocycles. The van der Waals surface area contributed by atoms with Gasteiger partial charge in [-0.15, -0.1) is 12.6 Å². The zero-order valence-corrected chi connectivity index (χ0v) is 26.2. The molecule has 2 nitrogen and oxygen atoms in total. The first kappa shape index (κ1) is 28.0. The molecule has 3 heteroatoms. The highest BCUT2D eigenvalue weighted by atomic mass is 32.1. The van der Waals surface area contributed by atoms with Gasteiger partial charge in [-0.1, -0.05) is 146 Å². The Morgan fingerprint density at radius 2 is 1.04 bits per heavy atom. The molecule has 8 aromatic rings. The molecule has 0 saturated heterocycles. The molecule has 0 aliphatic rings. The zero-order valence-electron chi connectivity index (χ0n) is 25.4. The normalized spacial score (nSPS) is 11.3. The average Bonchev–Trinajstić information content (AvgIpc) is 3.12. The predicted molar refractivity (Wildman–Crippen MR) is 196 cm³/mol. The molecule has 46 heavy (non-hydrogen) atoms. The van der Waals surface area contributed by atoms with Gasteiger partial charge in [0.1, 0.15) is 5.03 Å². The molecule has 0 bridgehead atoms. The summed E-state index contributed by atoms with van der Waals surface area (Å²) in [6.07, 6.45) is 0. The van der Waals surface area contributed by atoms with Crippen molar-refractivity contribution in [2.24, 2.45) is 0 Å². The Hall–Kier alpha value is -5.51. The molecule has 0 radical (unpaired) electrons. The number of thiol groups is 1. The van der Waals surface area contributed by atoms with Gasteiger partial charge in [-0.05, 0) is 74.0 Å². The Morgan fingerprint density at radius 1 is 0.435 bits per heavy atom. The van der Waals surface area contributed by atoms with Crippen LogP contribution in [0.3, 0.4) is 0 Å². The highest BCUT2D eigenvalue weighted by molar-refractivity contribution is 7.80. The van der Waals surface area contributed by atoms with Gasteiger partial charge in [0.15, 0.2) is 5.82 Å². The highest BCUT2D eigenvalue weighted by Crippen LogP contribution is 2.39. The fraction of sp³-hybridized carbons (Fsp3) is 0.0233. The van der Waals surface area contributed by atoms with E-state index in [1.54, 1.807) is 0 Å². The van der Waals surface area contributed by atoms with Crippen LogP contribution in [0.4, 0.5) is 0 Å². The minimum atomic E-state index is 0.654. The van der Waals surface area contributed by atoms with E-state index in [2.05, 4.69) is 159 Å². The molecule has 7 aromatic carbocycles. The first-order chi connectivity index (χ1) is 22.6. The number of aryl methyl sites for hydroxylation is 1. The van der Waals surface area contributed by atoms with E-state index in [1.165, 1.54) is 27.1 Å². The molecule has 1 heterocycles. The maximum absolute atomic E-state index is 5.24. The second kappa shape index (κ2) is 11.8. The van der Waals surface area contributed by atoms with Crippen molar-refractivity contribution in [3.05, 3.63) is 163 Å². The summed E-state index contributed by atoms with van der Waals surface area (Å²) in [5.41, 5.74) is 10.6. The third kappa shape index (κ3) is 5.15. The number of benzene rings is 7. The molecular formula is C43H30N2S. The quantitative estimate of drug-likeness (QED) is 0.120. The molecular weight excluding hydrogens is 577 g/mol. The van der Waals surface area contributed by atoms with E-state index in [0.29, 0.717) is 10.9 Å². The predicted octanol–water partition coefficient (Wildman–Crippen LogP) is 11.7. The second-order valence-electron chi connectivity index (χ2n) is 11.7. The summed E-state index contributed by atoms with van der Waals surface area (Å²) in [4.78, 5) is 10.2. The van der Waals surface area contributed by atoms with Crippen LogP contribution in [0.15, 0.2) is 163 Å². The lowest BCUT2D eigenvalue weighted by molar-refractivity contribution is 1.07. The highest BCUT2D eigenvalue weighted by Gasteiger charge is 2.19. The Bertz CT molecular complexity index is 2380. The summed E-state index contributed by atoms with van der Waals surface area (Å²) in [6.45, 7) is 2.12. The van der Waals surface area contributed by atoms with Crippen molar-refractivity contribution in [2.45, 2.75) is 11.9 Å². The Kier molecular flexibility index (Phi) is 7.17. The summed E-state index contributed by atoms with van der Waals surface area (Å²) >= 11 is 4.98. The Morgan fingerprint density at radius 3 is 1.89 bits per heavy atom. The number of nitrogens with zero attached hydrogens (tertiary/aromatic N) is 2. The maximum atomic E-state index is 5.24. The molecule has 1 aromatic heterocycles. The third-order valence-electron chi connectivity index (χ3n) is 8.77. The fourth-order valence-corrected chi connectivity index (χ4v) is 6.69. The van der Waals surface area contributed by atoms with Gasteiger partial charge in [0, 0.05) is 16.7 Å². The molecule has 8 rings (SSSR count). The van der Waals surface area contributed by atoms with Crippen LogP contribution in [-0.4, -0.2) is 9.97 Å². The van der Waals surface area contributed by atoms with E-state index < -0.39 is 0 Å². The summed E-state index contributed by atoms with van der Waals surface area (Å²) in [6, 6.07) is 55.6. The van der Waals surface area contributed by atoms with E-state index in [9.17, 15) is 0 Å². The standard InChI is InChI=1S/C43H30N2S/c1-28-10-5-7-16-37(28)40-41(44-42(45-43(40)46)36-15-9-14-33(27-36)29-11-3-2-4-12-29)32-21-18-30(19-22-32)34-24-25-39-35(26-34)23-20-31-13-6-8-17-38(31)39/h2-27H,1H3,(H,44,45,46). The molecule has 0 aliphatic heterocycles. The van der Waals surface area contributed by atoms with Gasteiger partial charge in [-0.2, -0.15) is 0 Å². The lowest BCUT2D eigenvalue weighted by atomic mass is 9.94. The van der Waals surface area contributed by atoms with Crippen molar-refractivity contribution in [3.63, 3.8) is 0 Å². The van der Waals surface area contributed by atoms with E-state index in [4.69, 9.17) is 22.6 Å². The van der Waals surface area contributed by atoms with Crippen molar-refractivity contribution in [1.82, 2.24) is 9.97 Å². The summed E-state index contributed by atoms with van der Waals surface area (Å²) < 4.78 is 0. The third-order valence-corrected chi connectivity index (χ3v) is 9.09. The van der Waals surface area contributed by atoms with Crippen LogP contribution in [0, 0.1) is 6.92 Å². The van der Waals surface area contributed by atoms with Crippen LogP contribution in [0.25, 0.3) is 77.6 Å². The Balaban J connectivity index is 1.23. The molecule has 0 fully saturated rings. The van der Waals surface area contributed by atoms with Crippen LogP contribution in [-0.2, 0) is 0 Å². The zero-order chi connectivity index (χ0) is 31.0. The van der Waals surface area contributed by atoms with E-state index in [1.807, 2.05) is 6.07 Å². The van der Waals surface area contributed by atoms with E-state index >= 15 is 0 Å². The van der Waals surface area contributed by atoms with Crippen LogP contribution in [0.2, 0.25) is 0 Å². The fourth-order valence-electron chi connectivity index (χ4n) is 6.37. The smallest absolute Gasteiger partial charge is 0.161 e. The van der Waals surface area contributed by atoms with Crippen molar-refractivity contribution in [1.29, 1.82) is 0 Å². The molecule has 0 spiro atoms. The SMILES string of the molecule is Cc1ccccc1-c1c(S)nc(-c2cccc(-c3ccccc3)c2)nc1-c1ccc(-c2ccc3c(ccc4ccccc43)c2)cc1. The van der Waals surface area contributed by atoms with Crippen LogP contribution in [0.5, 0.6) is 0 Å². The lowest BCUT2D eigenvalue weighted by Crippen LogP contribution is -2.00. The molecule has 218 valence electrons. The van der Waals surface area contributed by atoms with Gasteiger partial charge in [0.25, 0.3) is 0 Å². The minimum absolute atomic E-state index is 0.654. The average molecular weight is 607 g/mol. The lowest BCUT2D eigenvalue weighted by Gasteiger charge is -2.16. The largest absolute Gasteiger partial charge is 0.227 e. The van der Waals surface area contributed by atoms with E-state index in [0.717, 1.165) is 50.2 Å². The van der Waals surface area contributed by atoms with Crippen molar-refractivity contribution < 1.29 is 0 Å². The molecule has 0 unspecified atom stereocenters. The van der Waals surface area contributed by atoms with Gasteiger partial charge in [0.2, 0.25) is 0 Å². The first-order valence-corrected chi connectivity index (χ1v) is 15.9. The number of hydrogen-bond donors (Lipinski definition) is 1. The van der Waals surface area contributed by atoms with Crippen LogP contribution in [0.1, 0.15) is 5.56 Å². The van der Waals surface area contributed by atoms with Crippen molar-refractivity contribution in [2.75, 3.05) is 0 Å². The number of rotatable bonds is 5. The summed E-state index contributed by atoms with van der Waals surface area (Å²) in [5.74, 6) is 0.654. The summed E-state index contributed by atoms with van der Waals surface area (Å²) in [7, 11) is 0. The van der Waals surface area contributed by atoms with Gasteiger partial charge in [0.05, 0.1) is 5.69 Å². The second-order valence-corrected chi connectivity index (χ2v) is 12.1. The van der Waals surface area contributed by atoms with Crippen LogP contribution < -0.4 is 0 Å². The molecule has 0 N–H and O–H groups in total. The molecule has 0 amide bonds.